The summed E-state index contributed by atoms with van der Waals surface area (Å²) in [5.41, 5.74) is 1.91. The van der Waals surface area contributed by atoms with E-state index < -0.39 is 4.87 Å². The quantitative estimate of drug-likeness (QED) is 0.752. The second kappa shape index (κ2) is 4.77. The number of rotatable bonds is 3. The van der Waals surface area contributed by atoms with E-state index >= 15 is 0 Å². The van der Waals surface area contributed by atoms with Crippen LogP contribution in [0.15, 0.2) is 24.3 Å². The van der Waals surface area contributed by atoms with Crippen LogP contribution in [0.1, 0.15) is 35.2 Å². The van der Waals surface area contributed by atoms with Gasteiger partial charge in [0.15, 0.2) is 5.78 Å². The smallest absolute Gasteiger partial charge is 0.184 e. The van der Waals surface area contributed by atoms with Gasteiger partial charge in [-0.3, -0.25) is 4.79 Å². The van der Waals surface area contributed by atoms with Crippen LogP contribution >= 0.6 is 23.2 Å². The molecule has 86 valence electrons. The summed E-state index contributed by atoms with van der Waals surface area (Å²) in [5, 5.41) is 0. The second-order valence-corrected chi connectivity index (χ2v) is 5.35. The second-order valence-electron chi connectivity index (χ2n) is 4.24. The molecular weight excluding hydrogens is 243 g/mol. The Morgan fingerprint density at radius 3 is 2.81 bits per heavy atom. The summed E-state index contributed by atoms with van der Waals surface area (Å²) in [7, 11) is 0. The van der Waals surface area contributed by atoms with Crippen LogP contribution in [-0.2, 0) is 6.42 Å². The third-order valence-corrected chi connectivity index (χ3v) is 3.98. The highest BCUT2D eigenvalue weighted by Gasteiger charge is 2.39. The topological polar surface area (TPSA) is 17.1 Å². The van der Waals surface area contributed by atoms with Gasteiger partial charge in [-0.25, -0.2) is 0 Å². The molecule has 1 nitrogen and oxygen atoms in total. The fourth-order valence-corrected chi connectivity index (χ4v) is 2.70. The molecule has 0 bridgehead atoms. The molecule has 0 radical (unpaired) electrons. The standard InChI is InChI=1S/C13H14Cl2O/c14-9-3-7-13(15)8-6-10-4-1-2-5-11(10)12(13)16/h1-2,4-5H,3,6-9H2/t13-/m0/s1. The summed E-state index contributed by atoms with van der Waals surface area (Å²) < 4.78 is 0. The SMILES string of the molecule is O=C1c2ccccc2CC[C@@]1(Cl)CCCCl. The average Bonchev–Trinajstić information content (AvgIpc) is 2.32. The Hall–Kier alpha value is -0.530. The normalized spacial score (nSPS) is 24.2. The first-order chi connectivity index (χ1) is 7.67. The molecule has 0 aromatic heterocycles. The van der Waals surface area contributed by atoms with Crippen molar-refractivity contribution >= 4 is 29.0 Å². The summed E-state index contributed by atoms with van der Waals surface area (Å²) in [6, 6.07) is 7.73. The molecule has 0 amide bonds. The van der Waals surface area contributed by atoms with E-state index in [1.54, 1.807) is 0 Å². The predicted molar refractivity (Wildman–Crippen MR) is 67.6 cm³/mol. The minimum absolute atomic E-state index is 0.0705. The van der Waals surface area contributed by atoms with E-state index in [2.05, 4.69) is 0 Å². The molecule has 0 N–H and O–H groups in total. The zero-order valence-corrected chi connectivity index (χ0v) is 10.5. The molecule has 0 aliphatic heterocycles. The monoisotopic (exact) mass is 256 g/mol. The number of ketones is 1. The molecule has 1 atom stereocenters. The van der Waals surface area contributed by atoms with Crippen molar-refractivity contribution in [2.45, 2.75) is 30.6 Å². The molecule has 0 spiro atoms. The van der Waals surface area contributed by atoms with Crippen molar-refractivity contribution in [3.8, 4) is 0 Å². The summed E-state index contributed by atoms with van der Waals surface area (Å²) >= 11 is 12.1. The van der Waals surface area contributed by atoms with E-state index in [9.17, 15) is 4.79 Å². The number of aryl methyl sites for hydroxylation is 1. The first kappa shape index (κ1) is 11.9. The third kappa shape index (κ3) is 2.11. The Morgan fingerprint density at radius 1 is 1.31 bits per heavy atom. The number of fused-ring (bicyclic) bond motifs is 1. The van der Waals surface area contributed by atoms with E-state index in [1.807, 2.05) is 24.3 Å². The fourth-order valence-electron chi connectivity index (χ4n) is 2.23. The van der Waals surface area contributed by atoms with E-state index in [4.69, 9.17) is 23.2 Å². The van der Waals surface area contributed by atoms with Crippen molar-refractivity contribution in [2.75, 3.05) is 5.88 Å². The lowest BCUT2D eigenvalue weighted by molar-refractivity contribution is 0.0916. The number of benzene rings is 1. The van der Waals surface area contributed by atoms with Gasteiger partial charge in [-0.1, -0.05) is 24.3 Å². The summed E-state index contributed by atoms with van der Waals surface area (Å²) in [4.78, 5) is 11.6. The Morgan fingerprint density at radius 2 is 2.06 bits per heavy atom. The Labute approximate surface area is 106 Å². The molecular formula is C13H14Cl2O. The number of carbonyl (C=O) groups excluding carboxylic acids is 1. The van der Waals surface area contributed by atoms with Crippen LogP contribution in [0.3, 0.4) is 0 Å². The van der Waals surface area contributed by atoms with Crippen molar-refractivity contribution in [3.05, 3.63) is 35.4 Å². The van der Waals surface area contributed by atoms with Gasteiger partial charge < -0.3 is 0 Å². The highest BCUT2D eigenvalue weighted by atomic mass is 35.5. The summed E-state index contributed by atoms with van der Waals surface area (Å²) in [5.74, 6) is 0.629. The Bertz CT molecular complexity index is 403. The third-order valence-electron chi connectivity index (χ3n) is 3.17. The molecule has 2 rings (SSSR count). The maximum atomic E-state index is 12.3. The molecule has 1 aliphatic rings. The lowest BCUT2D eigenvalue weighted by Gasteiger charge is -2.30. The number of halogens is 2. The van der Waals surface area contributed by atoms with Crippen LogP contribution in [0.4, 0.5) is 0 Å². The minimum Gasteiger partial charge on any atom is -0.292 e. The fraction of sp³-hybridized carbons (Fsp3) is 0.462. The lowest BCUT2D eigenvalue weighted by Crippen LogP contribution is -2.37. The Balaban J connectivity index is 2.27. The highest BCUT2D eigenvalue weighted by Crippen LogP contribution is 2.37. The maximum Gasteiger partial charge on any atom is 0.184 e. The van der Waals surface area contributed by atoms with Gasteiger partial charge in [0, 0.05) is 11.4 Å². The number of alkyl halides is 2. The van der Waals surface area contributed by atoms with Crippen LogP contribution in [0.2, 0.25) is 0 Å². The van der Waals surface area contributed by atoms with E-state index in [1.165, 1.54) is 0 Å². The molecule has 0 heterocycles. The molecule has 3 heteroatoms. The van der Waals surface area contributed by atoms with Gasteiger partial charge in [0.2, 0.25) is 0 Å². The van der Waals surface area contributed by atoms with Crippen LogP contribution in [0.5, 0.6) is 0 Å². The highest BCUT2D eigenvalue weighted by molar-refractivity contribution is 6.38. The van der Waals surface area contributed by atoms with Gasteiger partial charge in [0.25, 0.3) is 0 Å². The van der Waals surface area contributed by atoms with Gasteiger partial charge >= 0.3 is 0 Å². The molecule has 0 unspecified atom stereocenters. The first-order valence-corrected chi connectivity index (χ1v) is 6.46. The molecule has 1 aromatic rings. The predicted octanol–water partition coefficient (Wildman–Crippen LogP) is 3.81. The van der Waals surface area contributed by atoms with Crippen molar-refractivity contribution in [1.82, 2.24) is 0 Å². The zero-order valence-electron chi connectivity index (χ0n) is 9.01. The van der Waals surface area contributed by atoms with Crippen LogP contribution < -0.4 is 0 Å². The van der Waals surface area contributed by atoms with Gasteiger partial charge in [-0.15, -0.1) is 23.2 Å². The number of hydrogen-bond acceptors (Lipinski definition) is 1. The number of carbonyl (C=O) groups is 1. The average molecular weight is 257 g/mol. The van der Waals surface area contributed by atoms with Gasteiger partial charge in [0.1, 0.15) is 4.87 Å². The van der Waals surface area contributed by atoms with Crippen molar-refractivity contribution < 1.29 is 4.79 Å². The number of Topliss-reactive ketones (excluding diaryl/α,β-unsaturated/α-hetero) is 1. The van der Waals surface area contributed by atoms with Gasteiger partial charge in [-0.05, 0) is 31.2 Å². The largest absolute Gasteiger partial charge is 0.292 e. The van der Waals surface area contributed by atoms with Crippen LogP contribution in [0, 0.1) is 0 Å². The van der Waals surface area contributed by atoms with Crippen molar-refractivity contribution in [2.24, 2.45) is 0 Å². The van der Waals surface area contributed by atoms with E-state index in [-0.39, 0.29) is 5.78 Å². The maximum absolute atomic E-state index is 12.3. The van der Waals surface area contributed by atoms with Crippen LogP contribution in [0.25, 0.3) is 0 Å². The molecule has 1 aromatic carbocycles. The van der Waals surface area contributed by atoms with Crippen molar-refractivity contribution in [1.29, 1.82) is 0 Å². The van der Waals surface area contributed by atoms with E-state index in [0.717, 1.165) is 30.4 Å². The van der Waals surface area contributed by atoms with Crippen LogP contribution in [-0.4, -0.2) is 16.5 Å². The number of hydrogen-bond donors (Lipinski definition) is 0. The van der Waals surface area contributed by atoms with Gasteiger partial charge in [0.05, 0.1) is 0 Å². The molecule has 0 fully saturated rings. The molecule has 1 aliphatic carbocycles. The molecule has 0 saturated heterocycles. The minimum atomic E-state index is -0.719. The molecule has 16 heavy (non-hydrogen) atoms. The van der Waals surface area contributed by atoms with Crippen molar-refractivity contribution in [3.63, 3.8) is 0 Å². The van der Waals surface area contributed by atoms with E-state index in [0.29, 0.717) is 12.3 Å². The van der Waals surface area contributed by atoms with Gasteiger partial charge in [-0.2, -0.15) is 0 Å². The summed E-state index contributed by atoms with van der Waals surface area (Å²) in [6.07, 6.45) is 3.07. The first-order valence-electron chi connectivity index (χ1n) is 5.55. The lowest BCUT2D eigenvalue weighted by atomic mass is 9.80. The zero-order chi connectivity index (χ0) is 11.6. The molecule has 0 saturated carbocycles. The Kier molecular flexibility index (Phi) is 3.56. The summed E-state index contributed by atoms with van der Waals surface area (Å²) in [6.45, 7) is 0.